The summed E-state index contributed by atoms with van der Waals surface area (Å²) in [6.45, 7) is 8.31. The molecule has 4 rings (SSSR count). The Morgan fingerprint density at radius 1 is 1.17 bits per heavy atom. The maximum atomic E-state index is 9.63. The highest BCUT2D eigenvalue weighted by molar-refractivity contribution is 7.99. The highest BCUT2D eigenvalue weighted by Crippen LogP contribution is 2.36. The van der Waals surface area contributed by atoms with E-state index >= 15 is 0 Å². The number of nitriles is 1. The van der Waals surface area contributed by atoms with E-state index in [1.165, 1.54) is 11.9 Å². The molecule has 0 atom stereocenters. The lowest BCUT2D eigenvalue weighted by Gasteiger charge is -2.27. The zero-order valence-electron chi connectivity index (χ0n) is 20.8. The fraction of sp³-hybridized carbons (Fsp3) is 0.308. The Balaban J connectivity index is 0.00000176. The van der Waals surface area contributed by atoms with Gasteiger partial charge in [0.15, 0.2) is 5.75 Å². The molecule has 0 aliphatic heterocycles. The van der Waals surface area contributed by atoms with Crippen LogP contribution in [0.25, 0.3) is 22.0 Å². The average molecular weight is 544 g/mol. The summed E-state index contributed by atoms with van der Waals surface area (Å²) < 4.78 is 10.5. The molecule has 1 N–H and O–H groups in total. The van der Waals surface area contributed by atoms with Crippen LogP contribution >= 0.6 is 35.1 Å². The molecule has 4 aromatic rings. The number of rotatable bonds is 8. The minimum absolute atomic E-state index is 0.271. The molecule has 188 valence electrons. The molecule has 2 aromatic heterocycles. The van der Waals surface area contributed by atoms with E-state index in [1.54, 1.807) is 18.3 Å². The minimum Gasteiger partial charge on any atom is -0.489 e. The summed E-state index contributed by atoms with van der Waals surface area (Å²) in [5, 5.41) is 15.5. The molecule has 0 unspecified atom stereocenters. The summed E-state index contributed by atoms with van der Waals surface area (Å²) in [6, 6.07) is 11.8. The van der Waals surface area contributed by atoms with Crippen molar-refractivity contribution >= 4 is 52.0 Å². The quantitative estimate of drug-likeness (QED) is 0.187. The molecule has 10 heteroatoms. The Morgan fingerprint density at radius 3 is 2.64 bits per heavy atom. The molecule has 0 fully saturated rings. The smallest absolute Gasteiger partial charge is 0.233 e. The lowest BCUT2D eigenvalue weighted by Crippen LogP contribution is -2.28. The van der Waals surface area contributed by atoms with Gasteiger partial charge in [0.1, 0.15) is 12.7 Å². The lowest BCUT2D eigenvalue weighted by molar-refractivity contribution is 0.340. The number of hydrogen-bond acceptors (Lipinski definition) is 7. The first-order valence-corrected chi connectivity index (χ1v) is 13.6. The van der Waals surface area contributed by atoms with Crippen LogP contribution in [0.3, 0.4) is 0 Å². The first-order chi connectivity index (χ1) is 17.4. The second-order valence-corrected chi connectivity index (χ2v) is 9.39. The highest BCUT2D eigenvalue weighted by atomic mass is 35.5. The van der Waals surface area contributed by atoms with Crippen molar-refractivity contribution in [2.45, 2.75) is 33.2 Å². The van der Waals surface area contributed by atoms with Crippen molar-refractivity contribution in [1.82, 2.24) is 19.7 Å². The predicted molar refractivity (Wildman–Crippen MR) is 150 cm³/mol. The first kappa shape index (κ1) is 27.6. The van der Waals surface area contributed by atoms with Crippen molar-refractivity contribution in [2.75, 3.05) is 23.5 Å². The SMILES string of the molecule is CC.CSNc1ncc2cc(-c3cnn(C(C)(C)c4cc(Cl)c(OCCCl)c(C#N)c4)c3)ccc2n1. The standard InChI is InChI=1S/C24H22Cl2N6OS.C2H6/c1-24(2,19-9-16(11-27)22(20(26)10-19)33-7-6-25)32-14-18(13-29-32)15-4-5-21-17(8-15)12-28-23(30-21)31-34-3;1-2/h4-5,8-10,12-14H,6-7H2,1-3H3,(H,28,30,31);1-2H3. The van der Waals surface area contributed by atoms with Crippen molar-refractivity contribution in [2.24, 2.45) is 0 Å². The number of nitrogens with zero attached hydrogens (tertiary/aromatic N) is 5. The Kier molecular flexibility index (Phi) is 9.43. The van der Waals surface area contributed by atoms with Crippen LogP contribution in [0, 0.1) is 11.3 Å². The molecule has 2 aromatic carbocycles. The van der Waals surface area contributed by atoms with Gasteiger partial charge in [-0.2, -0.15) is 10.4 Å². The van der Waals surface area contributed by atoms with Gasteiger partial charge < -0.3 is 4.74 Å². The normalized spacial score (nSPS) is 10.9. The average Bonchev–Trinajstić information content (AvgIpc) is 3.40. The van der Waals surface area contributed by atoms with Gasteiger partial charge in [0.05, 0.1) is 33.7 Å². The van der Waals surface area contributed by atoms with Crippen LogP contribution in [0.4, 0.5) is 5.95 Å². The van der Waals surface area contributed by atoms with Gasteiger partial charge in [0, 0.05) is 29.6 Å². The highest BCUT2D eigenvalue weighted by Gasteiger charge is 2.27. The van der Waals surface area contributed by atoms with Crippen LogP contribution in [0.5, 0.6) is 5.75 Å². The fourth-order valence-corrected chi connectivity index (χ4v) is 4.21. The molecule has 0 saturated heterocycles. The Hall–Kier alpha value is -2.99. The van der Waals surface area contributed by atoms with Crippen LogP contribution in [-0.4, -0.2) is 38.5 Å². The molecule has 0 saturated carbocycles. The summed E-state index contributed by atoms with van der Waals surface area (Å²) in [5.41, 5.74) is 3.44. The number of fused-ring (bicyclic) bond motifs is 1. The summed E-state index contributed by atoms with van der Waals surface area (Å²) in [6.07, 6.45) is 7.52. The van der Waals surface area contributed by atoms with Crippen LogP contribution in [-0.2, 0) is 5.54 Å². The molecule has 0 aliphatic carbocycles. The van der Waals surface area contributed by atoms with E-state index < -0.39 is 5.54 Å². The second-order valence-electron chi connectivity index (χ2n) is 7.99. The van der Waals surface area contributed by atoms with E-state index in [4.69, 9.17) is 27.9 Å². The van der Waals surface area contributed by atoms with Gasteiger partial charge >= 0.3 is 0 Å². The number of aromatic nitrogens is 4. The number of benzene rings is 2. The summed E-state index contributed by atoms with van der Waals surface area (Å²) in [5.74, 6) is 1.23. The maximum absolute atomic E-state index is 9.63. The summed E-state index contributed by atoms with van der Waals surface area (Å²) in [4.78, 5) is 8.86. The summed E-state index contributed by atoms with van der Waals surface area (Å²) >= 11 is 13.6. The fourth-order valence-electron chi connectivity index (χ4n) is 3.58. The third-order valence-electron chi connectivity index (χ3n) is 5.46. The lowest BCUT2D eigenvalue weighted by atomic mass is 9.92. The molecule has 0 bridgehead atoms. The third-order valence-corrected chi connectivity index (χ3v) is 6.28. The number of ether oxygens (including phenoxy) is 1. The van der Waals surface area contributed by atoms with Crippen LogP contribution in [0.2, 0.25) is 5.02 Å². The molecule has 2 heterocycles. The van der Waals surface area contributed by atoms with Gasteiger partial charge in [-0.25, -0.2) is 9.97 Å². The molecule has 0 spiro atoms. The van der Waals surface area contributed by atoms with Gasteiger partial charge in [-0.3, -0.25) is 9.40 Å². The Labute approximate surface area is 225 Å². The topological polar surface area (TPSA) is 88.6 Å². The first-order valence-electron chi connectivity index (χ1n) is 11.4. The van der Waals surface area contributed by atoms with Gasteiger partial charge in [-0.1, -0.05) is 43.5 Å². The van der Waals surface area contributed by atoms with Crippen LogP contribution in [0.15, 0.2) is 48.9 Å². The summed E-state index contributed by atoms with van der Waals surface area (Å²) in [7, 11) is 0. The van der Waals surface area contributed by atoms with Crippen molar-refractivity contribution in [1.29, 1.82) is 5.26 Å². The van der Waals surface area contributed by atoms with Crippen molar-refractivity contribution in [3.05, 3.63) is 65.1 Å². The predicted octanol–water partition coefficient (Wildman–Crippen LogP) is 7.14. The molecule has 0 radical (unpaired) electrons. The molecule has 36 heavy (non-hydrogen) atoms. The molecule has 7 nitrogen and oxygen atoms in total. The van der Waals surface area contributed by atoms with Gasteiger partial charge in [-0.15, -0.1) is 11.6 Å². The molecule has 0 aliphatic rings. The van der Waals surface area contributed by atoms with Crippen molar-refractivity contribution < 1.29 is 4.74 Å². The molecular weight excluding hydrogens is 515 g/mol. The molecular formula is C26H28Cl2N6OS. The third kappa shape index (κ3) is 5.86. The number of nitrogens with one attached hydrogen (secondary N) is 1. The van der Waals surface area contributed by atoms with Gasteiger partial charge in [-0.05, 0) is 49.2 Å². The maximum Gasteiger partial charge on any atom is 0.233 e. The zero-order valence-corrected chi connectivity index (χ0v) is 23.2. The van der Waals surface area contributed by atoms with Crippen LogP contribution < -0.4 is 9.46 Å². The van der Waals surface area contributed by atoms with Gasteiger partial charge in [0.25, 0.3) is 0 Å². The Morgan fingerprint density at radius 2 is 1.94 bits per heavy atom. The van der Waals surface area contributed by atoms with E-state index in [2.05, 4.69) is 25.9 Å². The van der Waals surface area contributed by atoms with E-state index in [0.29, 0.717) is 28.2 Å². The number of hydrogen-bond donors (Lipinski definition) is 1. The minimum atomic E-state index is -0.573. The van der Waals surface area contributed by atoms with Gasteiger partial charge in [0.2, 0.25) is 5.95 Å². The monoisotopic (exact) mass is 542 g/mol. The van der Waals surface area contributed by atoms with Crippen molar-refractivity contribution in [3.8, 4) is 22.9 Å². The van der Waals surface area contributed by atoms with Crippen LogP contribution in [0.1, 0.15) is 38.8 Å². The number of alkyl halides is 1. The Bertz CT molecular complexity index is 1380. The number of halogens is 2. The van der Waals surface area contributed by atoms with E-state index in [-0.39, 0.29) is 6.61 Å². The van der Waals surface area contributed by atoms with E-state index in [1.807, 2.05) is 69.2 Å². The number of anilines is 1. The van der Waals surface area contributed by atoms with Crippen molar-refractivity contribution in [3.63, 3.8) is 0 Å². The zero-order chi connectivity index (χ0) is 26.3. The largest absolute Gasteiger partial charge is 0.489 e. The second kappa shape index (κ2) is 12.3. The van der Waals surface area contributed by atoms with E-state index in [9.17, 15) is 5.26 Å². The molecule has 0 amide bonds. The van der Waals surface area contributed by atoms with E-state index in [0.717, 1.165) is 27.6 Å².